The van der Waals surface area contributed by atoms with Crippen molar-refractivity contribution in [3.8, 4) is 0 Å². The minimum atomic E-state index is -0.0401. The van der Waals surface area contributed by atoms with Crippen LogP contribution in [0, 0.1) is 0 Å². The van der Waals surface area contributed by atoms with Crippen molar-refractivity contribution in [3.05, 3.63) is 64.0 Å². The molecule has 0 unspecified atom stereocenters. The summed E-state index contributed by atoms with van der Waals surface area (Å²) in [6, 6.07) is 15.4. The molecule has 122 valence electrons. The average molecular weight is 375 g/mol. The first kappa shape index (κ1) is 17.1. The van der Waals surface area contributed by atoms with Crippen molar-refractivity contribution < 1.29 is 4.79 Å². The van der Waals surface area contributed by atoms with Crippen LogP contribution in [0.2, 0.25) is 5.02 Å². The fourth-order valence-corrected chi connectivity index (χ4v) is 3.65. The molecule has 2 aromatic rings. The van der Waals surface area contributed by atoms with Gasteiger partial charge in [-0.3, -0.25) is 9.69 Å². The molecule has 24 heavy (non-hydrogen) atoms. The highest BCUT2D eigenvalue weighted by molar-refractivity contribution is 8.18. The minimum Gasteiger partial charge on any atom is -0.290 e. The van der Waals surface area contributed by atoms with Gasteiger partial charge < -0.3 is 0 Å². The molecule has 0 spiro atoms. The molecule has 0 aromatic heterocycles. The molecule has 6 heteroatoms. The molecule has 1 aliphatic heterocycles. The van der Waals surface area contributed by atoms with Gasteiger partial charge in [-0.05, 0) is 66.1 Å². The van der Waals surface area contributed by atoms with Crippen LogP contribution in [-0.4, -0.2) is 29.3 Å². The summed E-state index contributed by atoms with van der Waals surface area (Å²) in [6.07, 6.45) is 3.94. The Morgan fingerprint density at radius 1 is 1.12 bits per heavy atom. The van der Waals surface area contributed by atoms with Crippen molar-refractivity contribution in [3.63, 3.8) is 0 Å². The predicted molar refractivity (Wildman–Crippen MR) is 105 cm³/mol. The molecule has 0 bridgehead atoms. The molecule has 1 heterocycles. The molecule has 0 radical (unpaired) electrons. The van der Waals surface area contributed by atoms with E-state index in [1.807, 2.05) is 48.7 Å². The Balaban J connectivity index is 1.85. The minimum absolute atomic E-state index is 0.0401. The molecule has 3 nitrogen and oxygen atoms in total. The highest BCUT2D eigenvalue weighted by Crippen LogP contribution is 2.33. The van der Waals surface area contributed by atoms with Crippen LogP contribution in [-0.2, 0) is 4.79 Å². The highest BCUT2D eigenvalue weighted by Gasteiger charge is 2.30. The van der Waals surface area contributed by atoms with E-state index in [0.717, 1.165) is 11.3 Å². The number of carbonyl (C=O) groups is 1. The quantitative estimate of drug-likeness (QED) is 0.540. The van der Waals surface area contributed by atoms with Crippen LogP contribution in [0.25, 0.3) is 6.08 Å². The van der Waals surface area contributed by atoms with E-state index in [0.29, 0.717) is 15.1 Å². The fourth-order valence-electron chi connectivity index (χ4n) is 2.13. The normalized spacial score (nSPS) is 18.0. The standard InChI is InChI=1S/C18H15ClN2OS2/c1-21-17(22)16(11-12-3-9-15(23-2)10-4-12)24-18(21)20-14-7-5-13(19)6-8-14/h3-11H,1-2H3/b16-11+,20-18?. The second-order valence-electron chi connectivity index (χ2n) is 5.12. The molecule has 0 saturated carbocycles. The van der Waals surface area contributed by atoms with Crippen LogP contribution < -0.4 is 0 Å². The van der Waals surface area contributed by atoms with Crippen molar-refractivity contribution >= 4 is 58.0 Å². The van der Waals surface area contributed by atoms with Crippen LogP contribution in [0.1, 0.15) is 5.56 Å². The van der Waals surface area contributed by atoms with Crippen LogP contribution >= 0.6 is 35.1 Å². The van der Waals surface area contributed by atoms with E-state index in [2.05, 4.69) is 4.99 Å². The number of hydrogen-bond acceptors (Lipinski definition) is 4. The molecular formula is C18H15ClN2OS2. The Morgan fingerprint density at radius 3 is 2.42 bits per heavy atom. The zero-order chi connectivity index (χ0) is 17.1. The van der Waals surface area contributed by atoms with Crippen molar-refractivity contribution in [2.24, 2.45) is 4.99 Å². The van der Waals surface area contributed by atoms with E-state index in [1.54, 1.807) is 35.8 Å². The lowest BCUT2D eigenvalue weighted by Crippen LogP contribution is -2.23. The Bertz CT molecular complexity index is 814. The van der Waals surface area contributed by atoms with Gasteiger partial charge in [-0.1, -0.05) is 23.7 Å². The first-order chi connectivity index (χ1) is 11.6. The number of amides is 1. The Morgan fingerprint density at radius 2 is 1.79 bits per heavy atom. The van der Waals surface area contributed by atoms with Gasteiger partial charge in [-0.25, -0.2) is 4.99 Å². The van der Waals surface area contributed by atoms with Gasteiger partial charge in [0.15, 0.2) is 5.17 Å². The number of amidine groups is 1. The smallest absolute Gasteiger partial charge is 0.266 e. The second-order valence-corrected chi connectivity index (χ2v) is 7.44. The summed E-state index contributed by atoms with van der Waals surface area (Å²) in [6.45, 7) is 0. The van der Waals surface area contributed by atoms with Crippen LogP contribution in [0.15, 0.2) is 63.3 Å². The lowest BCUT2D eigenvalue weighted by molar-refractivity contribution is -0.121. The van der Waals surface area contributed by atoms with Gasteiger partial charge in [0.2, 0.25) is 0 Å². The van der Waals surface area contributed by atoms with E-state index in [-0.39, 0.29) is 5.91 Å². The summed E-state index contributed by atoms with van der Waals surface area (Å²) in [4.78, 5) is 20.4. The van der Waals surface area contributed by atoms with Gasteiger partial charge in [0.1, 0.15) is 0 Å². The van der Waals surface area contributed by atoms with E-state index >= 15 is 0 Å². The maximum Gasteiger partial charge on any atom is 0.266 e. The number of rotatable bonds is 3. The third kappa shape index (κ3) is 3.86. The van der Waals surface area contributed by atoms with E-state index in [4.69, 9.17) is 11.6 Å². The van der Waals surface area contributed by atoms with E-state index in [9.17, 15) is 4.79 Å². The zero-order valence-corrected chi connectivity index (χ0v) is 15.6. The number of thioether (sulfide) groups is 2. The number of halogens is 1. The van der Waals surface area contributed by atoms with Gasteiger partial charge in [0, 0.05) is 17.0 Å². The van der Waals surface area contributed by atoms with Gasteiger partial charge in [0.25, 0.3) is 5.91 Å². The summed E-state index contributed by atoms with van der Waals surface area (Å²) < 4.78 is 0. The maximum absolute atomic E-state index is 12.4. The van der Waals surface area contributed by atoms with Gasteiger partial charge >= 0.3 is 0 Å². The van der Waals surface area contributed by atoms with Crippen molar-refractivity contribution in [2.75, 3.05) is 13.3 Å². The SMILES string of the molecule is CSc1ccc(/C=C2/SC(=Nc3ccc(Cl)cc3)N(C)C2=O)cc1. The van der Waals surface area contributed by atoms with Crippen molar-refractivity contribution in [1.29, 1.82) is 0 Å². The number of aliphatic imine (C=N–C) groups is 1. The molecule has 1 amide bonds. The number of hydrogen-bond donors (Lipinski definition) is 0. The molecule has 3 rings (SSSR count). The molecule has 1 aliphatic rings. The largest absolute Gasteiger partial charge is 0.290 e. The fraction of sp³-hybridized carbons (Fsp3) is 0.111. The Hall–Kier alpha value is -1.69. The monoisotopic (exact) mass is 374 g/mol. The van der Waals surface area contributed by atoms with Gasteiger partial charge in [-0.2, -0.15) is 0 Å². The summed E-state index contributed by atoms with van der Waals surface area (Å²) in [5, 5.41) is 1.33. The first-order valence-electron chi connectivity index (χ1n) is 7.23. The van der Waals surface area contributed by atoms with Crippen LogP contribution in [0.5, 0.6) is 0 Å². The number of nitrogens with zero attached hydrogens (tertiary/aromatic N) is 2. The summed E-state index contributed by atoms with van der Waals surface area (Å²) in [5.41, 5.74) is 1.77. The lowest BCUT2D eigenvalue weighted by Gasteiger charge is -2.07. The van der Waals surface area contributed by atoms with E-state index < -0.39 is 0 Å². The van der Waals surface area contributed by atoms with Crippen molar-refractivity contribution in [2.45, 2.75) is 4.90 Å². The summed E-state index contributed by atoms with van der Waals surface area (Å²) in [7, 11) is 1.74. The molecule has 1 fully saturated rings. The third-order valence-corrected chi connectivity index (χ3v) is 5.52. The van der Waals surface area contributed by atoms with Crippen LogP contribution in [0.3, 0.4) is 0 Å². The number of carbonyl (C=O) groups excluding carboxylic acids is 1. The zero-order valence-electron chi connectivity index (χ0n) is 13.2. The van der Waals surface area contributed by atoms with Crippen LogP contribution in [0.4, 0.5) is 5.69 Å². The lowest BCUT2D eigenvalue weighted by atomic mass is 10.2. The van der Waals surface area contributed by atoms with Crippen molar-refractivity contribution in [1.82, 2.24) is 4.90 Å². The highest BCUT2D eigenvalue weighted by atomic mass is 35.5. The molecule has 0 atom stereocenters. The summed E-state index contributed by atoms with van der Waals surface area (Å²) in [5.74, 6) is -0.0401. The Kier molecular flexibility index (Phi) is 5.33. The maximum atomic E-state index is 12.4. The molecule has 1 saturated heterocycles. The molecule has 0 aliphatic carbocycles. The first-order valence-corrected chi connectivity index (χ1v) is 9.64. The molecular weight excluding hydrogens is 360 g/mol. The molecule has 0 N–H and O–H groups in total. The topological polar surface area (TPSA) is 32.7 Å². The average Bonchev–Trinajstić information content (AvgIpc) is 2.86. The Labute approximate surface area is 154 Å². The number of likely N-dealkylation sites (N-methyl/N-ethyl adjacent to an activating group) is 1. The molecule has 2 aromatic carbocycles. The van der Waals surface area contributed by atoms with E-state index in [1.165, 1.54) is 16.7 Å². The summed E-state index contributed by atoms with van der Waals surface area (Å²) >= 11 is 8.96. The van der Waals surface area contributed by atoms with Gasteiger partial charge in [-0.15, -0.1) is 11.8 Å². The predicted octanol–water partition coefficient (Wildman–Crippen LogP) is 5.30. The number of benzene rings is 2. The van der Waals surface area contributed by atoms with Gasteiger partial charge in [0.05, 0.1) is 10.6 Å². The third-order valence-electron chi connectivity index (χ3n) is 3.47. The second kappa shape index (κ2) is 7.47.